The molecule has 1 rings (SSSR count). The molecule has 0 saturated heterocycles. The summed E-state index contributed by atoms with van der Waals surface area (Å²) in [6.07, 6.45) is 6.09. The van der Waals surface area contributed by atoms with Crippen molar-refractivity contribution in [3.63, 3.8) is 0 Å². The largest absolute Gasteiger partial charge is 0.338 e. The maximum Gasteiger partial charge on any atom is 0.0945 e. The molecule has 2 heteroatoms. The topological polar surface area (TPSA) is 17.8 Å². The average Bonchev–Trinajstić information content (AvgIpc) is 2.18. The van der Waals surface area contributed by atoms with Gasteiger partial charge in [-0.05, 0) is 6.42 Å². The van der Waals surface area contributed by atoms with Gasteiger partial charge in [-0.2, -0.15) is 0 Å². The highest BCUT2D eigenvalue weighted by atomic mass is 15.0. The summed E-state index contributed by atoms with van der Waals surface area (Å²) in [6, 6.07) is 0. The quantitative estimate of drug-likeness (QED) is 0.582. The Balaban J connectivity index is 2.69. The lowest BCUT2D eigenvalue weighted by molar-refractivity contribution is 0.786. The zero-order valence-electron chi connectivity index (χ0n) is 5.96. The van der Waals surface area contributed by atoms with Crippen molar-refractivity contribution >= 4 is 0 Å². The highest BCUT2D eigenvalue weighted by Crippen LogP contribution is 1.98. The molecule has 0 atom stereocenters. The third-order valence-corrected chi connectivity index (χ3v) is 1.42. The molecule has 0 amide bonds. The summed E-state index contributed by atoms with van der Waals surface area (Å²) in [5.74, 6) is 0. The zero-order chi connectivity index (χ0) is 6.69. The van der Waals surface area contributed by atoms with Gasteiger partial charge in [-0.3, -0.25) is 0 Å². The third-order valence-electron chi connectivity index (χ3n) is 1.42. The van der Waals surface area contributed by atoms with Crippen LogP contribution in [-0.2, 0) is 13.5 Å². The zero-order valence-corrected chi connectivity index (χ0v) is 5.96. The Labute approximate surface area is 55.5 Å². The lowest BCUT2D eigenvalue weighted by Crippen LogP contribution is -1.92. The molecule has 0 N–H and O–H groups in total. The van der Waals surface area contributed by atoms with Gasteiger partial charge in [0, 0.05) is 18.9 Å². The van der Waals surface area contributed by atoms with E-state index in [-0.39, 0.29) is 0 Å². The maximum atomic E-state index is 4.00. The average molecular weight is 124 g/mol. The first-order valence-corrected chi connectivity index (χ1v) is 3.29. The van der Waals surface area contributed by atoms with Crippen LogP contribution in [0.2, 0.25) is 0 Å². The van der Waals surface area contributed by atoms with Crippen molar-refractivity contribution in [2.45, 2.75) is 19.8 Å². The van der Waals surface area contributed by atoms with Crippen molar-refractivity contribution in [1.82, 2.24) is 9.55 Å². The van der Waals surface area contributed by atoms with Gasteiger partial charge in [0.25, 0.3) is 0 Å². The molecule has 1 heterocycles. The lowest BCUT2D eigenvalue weighted by Gasteiger charge is -1.96. The summed E-state index contributed by atoms with van der Waals surface area (Å²) in [5, 5.41) is 0. The standard InChI is InChI=1S/C7H12N2/c1-3-4-7-5-8-6-9(7)2/h5-6H,3-4H2,1-2H3. The second-order valence-corrected chi connectivity index (χ2v) is 2.25. The Hall–Kier alpha value is -0.790. The van der Waals surface area contributed by atoms with Gasteiger partial charge in [0.2, 0.25) is 0 Å². The highest BCUT2D eigenvalue weighted by Gasteiger charge is 1.93. The van der Waals surface area contributed by atoms with Crippen molar-refractivity contribution in [1.29, 1.82) is 0 Å². The number of imidazole rings is 1. The summed E-state index contributed by atoms with van der Waals surface area (Å²) >= 11 is 0. The fraction of sp³-hybridized carbons (Fsp3) is 0.571. The number of aryl methyl sites for hydroxylation is 2. The van der Waals surface area contributed by atoms with Crippen LogP contribution in [0.4, 0.5) is 0 Å². The van der Waals surface area contributed by atoms with E-state index in [1.54, 1.807) is 0 Å². The van der Waals surface area contributed by atoms with Crippen molar-refractivity contribution in [2.75, 3.05) is 0 Å². The number of nitrogens with zero attached hydrogens (tertiary/aromatic N) is 2. The van der Waals surface area contributed by atoms with Crippen molar-refractivity contribution in [3.8, 4) is 0 Å². The van der Waals surface area contributed by atoms with Crippen LogP contribution in [0.25, 0.3) is 0 Å². The molecule has 0 fully saturated rings. The molecule has 0 bridgehead atoms. The summed E-state index contributed by atoms with van der Waals surface area (Å²) in [6.45, 7) is 2.17. The first kappa shape index (κ1) is 6.33. The minimum absolute atomic E-state index is 1.14. The van der Waals surface area contributed by atoms with Crippen molar-refractivity contribution in [3.05, 3.63) is 18.2 Å². The summed E-state index contributed by atoms with van der Waals surface area (Å²) < 4.78 is 2.06. The van der Waals surface area contributed by atoms with Crippen molar-refractivity contribution in [2.24, 2.45) is 7.05 Å². The van der Waals surface area contributed by atoms with Crippen LogP contribution < -0.4 is 0 Å². The Morgan fingerprint density at radius 1 is 1.67 bits per heavy atom. The molecule has 50 valence electrons. The van der Waals surface area contributed by atoms with Gasteiger partial charge in [-0.15, -0.1) is 0 Å². The Bertz CT molecular complexity index is 179. The van der Waals surface area contributed by atoms with Gasteiger partial charge in [-0.25, -0.2) is 4.98 Å². The summed E-state index contributed by atoms with van der Waals surface area (Å²) in [4.78, 5) is 4.00. The molecule has 0 spiro atoms. The lowest BCUT2D eigenvalue weighted by atomic mass is 10.3. The van der Waals surface area contributed by atoms with Crippen molar-refractivity contribution < 1.29 is 0 Å². The van der Waals surface area contributed by atoms with Gasteiger partial charge in [0.05, 0.1) is 6.33 Å². The van der Waals surface area contributed by atoms with Crippen LogP contribution in [0.15, 0.2) is 12.5 Å². The van der Waals surface area contributed by atoms with Gasteiger partial charge < -0.3 is 4.57 Å². The second-order valence-electron chi connectivity index (χ2n) is 2.25. The van der Waals surface area contributed by atoms with E-state index >= 15 is 0 Å². The van der Waals surface area contributed by atoms with Gasteiger partial charge >= 0.3 is 0 Å². The van der Waals surface area contributed by atoms with E-state index in [2.05, 4.69) is 16.5 Å². The van der Waals surface area contributed by atoms with Crippen LogP contribution in [0.3, 0.4) is 0 Å². The van der Waals surface area contributed by atoms with Gasteiger partial charge in [-0.1, -0.05) is 13.3 Å². The van der Waals surface area contributed by atoms with Crippen LogP contribution in [0.5, 0.6) is 0 Å². The molecule has 0 aliphatic rings. The Morgan fingerprint density at radius 2 is 2.44 bits per heavy atom. The van der Waals surface area contributed by atoms with E-state index in [9.17, 15) is 0 Å². The molecule has 0 aliphatic heterocycles. The molecule has 0 aromatic carbocycles. The number of rotatable bonds is 2. The molecule has 0 saturated carbocycles. The van der Waals surface area contributed by atoms with E-state index in [4.69, 9.17) is 0 Å². The van der Waals surface area contributed by atoms with Crippen LogP contribution in [0, 0.1) is 0 Å². The molecular weight excluding hydrogens is 112 g/mol. The van der Waals surface area contributed by atoms with Crippen LogP contribution in [0.1, 0.15) is 19.0 Å². The minimum atomic E-state index is 1.14. The SMILES string of the molecule is CCCc1cncn1C. The second kappa shape index (κ2) is 2.67. The van der Waals surface area contributed by atoms with E-state index in [0.29, 0.717) is 0 Å². The van der Waals surface area contributed by atoms with Gasteiger partial charge in [0.15, 0.2) is 0 Å². The van der Waals surface area contributed by atoms with Gasteiger partial charge in [0.1, 0.15) is 0 Å². The Kier molecular flexibility index (Phi) is 1.88. The monoisotopic (exact) mass is 124 g/mol. The predicted molar refractivity (Wildman–Crippen MR) is 37.2 cm³/mol. The smallest absolute Gasteiger partial charge is 0.0945 e. The first-order chi connectivity index (χ1) is 4.34. The minimum Gasteiger partial charge on any atom is -0.338 e. The highest BCUT2D eigenvalue weighted by molar-refractivity contribution is 4.96. The molecular formula is C7H12N2. The summed E-state index contributed by atoms with van der Waals surface area (Å²) in [7, 11) is 2.03. The fourth-order valence-electron chi connectivity index (χ4n) is 0.882. The number of hydrogen-bond acceptors (Lipinski definition) is 1. The fourth-order valence-corrected chi connectivity index (χ4v) is 0.882. The number of hydrogen-bond donors (Lipinski definition) is 0. The van der Waals surface area contributed by atoms with E-state index in [1.807, 2.05) is 19.6 Å². The Morgan fingerprint density at radius 3 is 2.89 bits per heavy atom. The molecule has 9 heavy (non-hydrogen) atoms. The van der Waals surface area contributed by atoms with E-state index in [0.717, 1.165) is 6.42 Å². The molecule has 0 unspecified atom stereocenters. The first-order valence-electron chi connectivity index (χ1n) is 3.29. The predicted octanol–water partition coefficient (Wildman–Crippen LogP) is 1.37. The molecule has 1 aromatic heterocycles. The van der Waals surface area contributed by atoms with Crippen LogP contribution >= 0.6 is 0 Å². The molecule has 2 nitrogen and oxygen atoms in total. The van der Waals surface area contributed by atoms with E-state index in [1.165, 1.54) is 12.1 Å². The van der Waals surface area contributed by atoms with E-state index < -0.39 is 0 Å². The van der Waals surface area contributed by atoms with Crippen LogP contribution in [-0.4, -0.2) is 9.55 Å². The normalized spacial score (nSPS) is 10.0. The molecule has 0 aliphatic carbocycles. The molecule has 1 aromatic rings. The summed E-state index contributed by atoms with van der Waals surface area (Å²) in [5.41, 5.74) is 1.32. The molecule has 0 radical (unpaired) electrons. The maximum absolute atomic E-state index is 4.00. The number of aromatic nitrogens is 2. The third kappa shape index (κ3) is 1.31.